The third kappa shape index (κ3) is 6.46. The summed E-state index contributed by atoms with van der Waals surface area (Å²) in [4.78, 5) is 28.6. The van der Waals surface area contributed by atoms with E-state index in [1.165, 1.54) is 0 Å². The zero-order valence-corrected chi connectivity index (χ0v) is 21.9. The molecule has 0 atom stereocenters. The average molecular weight is 605 g/mol. The number of amides is 2. The molecule has 32 heavy (non-hydrogen) atoms. The first-order valence-electron chi connectivity index (χ1n) is 10.2. The minimum absolute atomic E-state index is 0.150. The van der Waals surface area contributed by atoms with Crippen LogP contribution in [0.2, 0.25) is 10.0 Å². The maximum atomic E-state index is 12.5. The molecule has 170 valence electrons. The second-order valence-corrected chi connectivity index (χ2v) is 9.78. The molecule has 0 radical (unpaired) electrons. The predicted molar refractivity (Wildman–Crippen MR) is 143 cm³/mol. The summed E-state index contributed by atoms with van der Waals surface area (Å²) in [6.07, 6.45) is 1.45. The van der Waals surface area contributed by atoms with Crippen LogP contribution in [0.25, 0.3) is 0 Å². The van der Waals surface area contributed by atoms with Gasteiger partial charge in [-0.1, -0.05) is 30.1 Å². The molecular formula is C22H23Cl2IN4O2S. The summed E-state index contributed by atoms with van der Waals surface area (Å²) in [5, 5.41) is 6.69. The fourth-order valence-electron chi connectivity index (χ4n) is 3.41. The molecule has 0 aromatic heterocycles. The van der Waals surface area contributed by atoms with Crippen LogP contribution >= 0.6 is 58.0 Å². The van der Waals surface area contributed by atoms with Crippen LogP contribution in [0.15, 0.2) is 36.4 Å². The molecule has 3 rings (SSSR count). The summed E-state index contributed by atoms with van der Waals surface area (Å²) in [5.41, 5.74) is 1.92. The van der Waals surface area contributed by atoms with Crippen molar-refractivity contribution >= 4 is 86.3 Å². The van der Waals surface area contributed by atoms with Gasteiger partial charge in [-0.25, -0.2) is 0 Å². The van der Waals surface area contributed by atoms with E-state index in [9.17, 15) is 9.59 Å². The third-order valence-electron chi connectivity index (χ3n) is 5.04. The summed E-state index contributed by atoms with van der Waals surface area (Å²) >= 11 is 20.0. The number of nitrogens with zero attached hydrogens (tertiary/aromatic N) is 2. The number of nitrogens with one attached hydrogen (secondary N) is 2. The van der Waals surface area contributed by atoms with Crippen molar-refractivity contribution in [2.24, 2.45) is 0 Å². The molecule has 0 unspecified atom stereocenters. The van der Waals surface area contributed by atoms with Crippen LogP contribution < -0.4 is 15.5 Å². The number of anilines is 2. The Hall–Kier alpha value is -1.62. The van der Waals surface area contributed by atoms with Crippen molar-refractivity contribution in [1.29, 1.82) is 0 Å². The first-order chi connectivity index (χ1) is 15.3. The first-order valence-corrected chi connectivity index (χ1v) is 12.4. The molecule has 0 saturated carbocycles. The smallest absolute Gasteiger partial charge is 0.258 e. The van der Waals surface area contributed by atoms with Crippen molar-refractivity contribution in [3.8, 4) is 0 Å². The van der Waals surface area contributed by atoms with Crippen LogP contribution in [-0.4, -0.2) is 48.0 Å². The van der Waals surface area contributed by atoms with E-state index >= 15 is 0 Å². The van der Waals surface area contributed by atoms with Gasteiger partial charge in [0.2, 0.25) is 5.91 Å². The molecule has 0 spiro atoms. The Labute approximate surface area is 216 Å². The van der Waals surface area contributed by atoms with E-state index in [-0.39, 0.29) is 16.9 Å². The highest BCUT2D eigenvalue weighted by molar-refractivity contribution is 14.1. The Balaban J connectivity index is 1.58. The lowest BCUT2D eigenvalue weighted by Gasteiger charge is -2.36. The summed E-state index contributed by atoms with van der Waals surface area (Å²) in [6, 6.07) is 10.7. The second kappa shape index (κ2) is 11.5. The van der Waals surface area contributed by atoms with Gasteiger partial charge < -0.3 is 15.1 Å². The maximum absolute atomic E-state index is 12.5. The Morgan fingerprint density at radius 1 is 1.06 bits per heavy atom. The van der Waals surface area contributed by atoms with Crippen LogP contribution in [0.3, 0.4) is 0 Å². The van der Waals surface area contributed by atoms with Gasteiger partial charge in [0.1, 0.15) is 0 Å². The molecular weight excluding hydrogens is 582 g/mol. The molecule has 2 aromatic rings. The lowest BCUT2D eigenvalue weighted by Crippen LogP contribution is -2.48. The van der Waals surface area contributed by atoms with E-state index in [1.807, 2.05) is 30.0 Å². The van der Waals surface area contributed by atoms with Gasteiger partial charge in [0.05, 0.1) is 21.3 Å². The van der Waals surface area contributed by atoms with E-state index in [1.54, 1.807) is 18.2 Å². The van der Waals surface area contributed by atoms with Crippen LogP contribution in [-0.2, 0) is 4.79 Å². The van der Waals surface area contributed by atoms with Gasteiger partial charge in [-0.05, 0) is 77.6 Å². The number of carbonyl (C=O) groups excluding carboxylic acids is 2. The van der Waals surface area contributed by atoms with Crippen molar-refractivity contribution in [1.82, 2.24) is 10.2 Å². The molecule has 2 aromatic carbocycles. The van der Waals surface area contributed by atoms with Crippen molar-refractivity contribution in [2.75, 3.05) is 36.4 Å². The zero-order chi connectivity index (χ0) is 23.3. The summed E-state index contributed by atoms with van der Waals surface area (Å²) in [5.74, 6) is -0.177. The van der Waals surface area contributed by atoms with Crippen molar-refractivity contribution in [3.63, 3.8) is 0 Å². The number of hydrogen-bond donors (Lipinski definition) is 2. The van der Waals surface area contributed by atoms with Gasteiger partial charge >= 0.3 is 0 Å². The van der Waals surface area contributed by atoms with Crippen LogP contribution in [0.4, 0.5) is 11.4 Å². The molecule has 10 heteroatoms. The number of hydrogen-bond acceptors (Lipinski definition) is 4. The van der Waals surface area contributed by atoms with Gasteiger partial charge in [-0.2, -0.15) is 0 Å². The summed E-state index contributed by atoms with van der Waals surface area (Å²) in [7, 11) is 0. The largest absolute Gasteiger partial charge is 0.367 e. The number of rotatable bonds is 5. The van der Waals surface area contributed by atoms with Crippen molar-refractivity contribution in [3.05, 3.63) is 55.6 Å². The van der Waals surface area contributed by atoms with Gasteiger partial charge in [0, 0.05) is 41.9 Å². The van der Waals surface area contributed by atoms with Crippen LogP contribution in [0.1, 0.15) is 30.1 Å². The molecule has 1 saturated heterocycles. The molecule has 6 nitrogen and oxygen atoms in total. The fraction of sp³-hybridized carbons (Fsp3) is 0.318. The standard InChI is InChI=1S/C22H23Cl2IN4O2S/c1-2-3-20(30)29-10-8-28(9-11-29)19-7-5-15(13-18(19)24)26-22(32)27-21(31)16-12-14(25)4-6-17(16)23/h4-7,12-13H,2-3,8-11H2,1H3,(H2,26,27,31,32). The number of benzene rings is 2. The van der Waals surface area contributed by atoms with Gasteiger partial charge in [-0.15, -0.1) is 0 Å². The first kappa shape index (κ1) is 25.0. The van der Waals surface area contributed by atoms with E-state index in [0.29, 0.717) is 40.8 Å². The Kier molecular flexibility index (Phi) is 8.98. The number of halogens is 3. The highest BCUT2D eigenvalue weighted by atomic mass is 127. The van der Waals surface area contributed by atoms with Crippen molar-refractivity contribution in [2.45, 2.75) is 19.8 Å². The predicted octanol–water partition coefficient (Wildman–Crippen LogP) is 5.17. The molecule has 1 fully saturated rings. The van der Waals surface area contributed by atoms with Crippen LogP contribution in [0.5, 0.6) is 0 Å². The van der Waals surface area contributed by atoms with Gasteiger partial charge in [-0.3, -0.25) is 14.9 Å². The second-order valence-electron chi connectivity index (χ2n) is 7.32. The molecule has 2 N–H and O–H groups in total. The van der Waals surface area contributed by atoms with Gasteiger partial charge in [0.25, 0.3) is 5.91 Å². The molecule has 1 aliphatic rings. The lowest BCUT2D eigenvalue weighted by molar-refractivity contribution is -0.131. The molecule has 0 bridgehead atoms. The zero-order valence-electron chi connectivity index (χ0n) is 17.5. The SMILES string of the molecule is CCCC(=O)N1CCN(c2ccc(NC(=S)NC(=O)c3cc(I)ccc3Cl)cc2Cl)CC1. The van der Waals surface area contributed by atoms with E-state index < -0.39 is 0 Å². The fourth-order valence-corrected chi connectivity index (χ4v) is 4.62. The summed E-state index contributed by atoms with van der Waals surface area (Å²) in [6.45, 7) is 4.84. The van der Waals surface area contributed by atoms with Gasteiger partial charge in [0.15, 0.2) is 5.11 Å². The molecule has 1 aliphatic heterocycles. The molecule has 0 aliphatic carbocycles. The Morgan fingerprint density at radius 2 is 1.78 bits per heavy atom. The highest BCUT2D eigenvalue weighted by Gasteiger charge is 2.22. The topological polar surface area (TPSA) is 64.7 Å². The normalized spacial score (nSPS) is 13.6. The number of thiocarbonyl (C=S) groups is 1. The Morgan fingerprint density at radius 3 is 2.44 bits per heavy atom. The minimum atomic E-state index is -0.385. The monoisotopic (exact) mass is 604 g/mol. The minimum Gasteiger partial charge on any atom is -0.367 e. The average Bonchev–Trinajstić information content (AvgIpc) is 2.75. The number of carbonyl (C=O) groups is 2. The van der Waals surface area contributed by atoms with E-state index in [4.69, 9.17) is 35.4 Å². The highest BCUT2D eigenvalue weighted by Crippen LogP contribution is 2.30. The summed E-state index contributed by atoms with van der Waals surface area (Å²) < 4.78 is 0.897. The maximum Gasteiger partial charge on any atom is 0.258 e. The van der Waals surface area contributed by atoms with Crippen molar-refractivity contribution < 1.29 is 9.59 Å². The quantitative estimate of drug-likeness (QED) is 0.364. The van der Waals surface area contributed by atoms with E-state index in [0.717, 1.165) is 28.8 Å². The number of piperazine rings is 1. The molecule has 2 amide bonds. The third-order valence-corrected chi connectivity index (χ3v) is 6.55. The van der Waals surface area contributed by atoms with E-state index in [2.05, 4.69) is 38.1 Å². The lowest BCUT2D eigenvalue weighted by atomic mass is 10.2. The Bertz CT molecular complexity index is 1030. The van der Waals surface area contributed by atoms with Crippen LogP contribution in [0, 0.1) is 3.57 Å². The molecule has 1 heterocycles.